The van der Waals surface area contributed by atoms with E-state index in [0.717, 1.165) is 23.5 Å². The van der Waals surface area contributed by atoms with Crippen molar-refractivity contribution in [3.05, 3.63) is 41.6 Å². The highest BCUT2D eigenvalue weighted by Crippen LogP contribution is 2.38. The van der Waals surface area contributed by atoms with Gasteiger partial charge in [-0.2, -0.15) is 11.8 Å². The van der Waals surface area contributed by atoms with Gasteiger partial charge in [-0.05, 0) is 35.9 Å². The molecule has 2 heterocycles. The van der Waals surface area contributed by atoms with Crippen LogP contribution < -0.4 is 24.3 Å². The van der Waals surface area contributed by atoms with Gasteiger partial charge in [0.1, 0.15) is 6.10 Å². The summed E-state index contributed by atoms with van der Waals surface area (Å²) >= 11 is 1.88. The van der Waals surface area contributed by atoms with E-state index in [1.54, 1.807) is 45.6 Å². The lowest BCUT2D eigenvalue weighted by Crippen LogP contribution is -2.23. The molecule has 2 aromatic rings. The molecular weight excluding hydrogens is 380 g/mol. The Morgan fingerprint density at radius 2 is 1.93 bits per heavy atom. The third kappa shape index (κ3) is 4.81. The normalized spacial score (nSPS) is 15.8. The lowest BCUT2D eigenvalue weighted by molar-refractivity contribution is 0.0950. The molecule has 0 saturated carbocycles. The van der Waals surface area contributed by atoms with Gasteiger partial charge in [-0.25, -0.2) is 4.98 Å². The summed E-state index contributed by atoms with van der Waals surface area (Å²) in [5.41, 5.74) is 1.30. The Balaban J connectivity index is 1.62. The Morgan fingerprint density at radius 1 is 1.18 bits per heavy atom. The van der Waals surface area contributed by atoms with Gasteiger partial charge in [0.15, 0.2) is 11.5 Å². The average molecular weight is 404 g/mol. The number of carbonyl (C=O) groups excluding carboxylic acids is 1. The van der Waals surface area contributed by atoms with E-state index in [9.17, 15) is 4.79 Å². The van der Waals surface area contributed by atoms with E-state index in [4.69, 9.17) is 18.9 Å². The lowest BCUT2D eigenvalue weighted by Gasteiger charge is -2.14. The van der Waals surface area contributed by atoms with E-state index in [1.807, 2.05) is 11.8 Å². The average Bonchev–Trinajstić information content (AvgIpc) is 3.24. The first-order chi connectivity index (χ1) is 13.6. The van der Waals surface area contributed by atoms with Crippen molar-refractivity contribution < 1.29 is 23.7 Å². The number of nitrogens with zero attached hydrogens (tertiary/aromatic N) is 1. The summed E-state index contributed by atoms with van der Waals surface area (Å²) < 4.78 is 21.8. The maximum absolute atomic E-state index is 12.4. The minimum Gasteiger partial charge on any atom is -0.493 e. The van der Waals surface area contributed by atoms with Crippen LogP contribution in [0.15, 0.2) is 30.5 Å². The first-order valence-corrected chi connectivity index (χ1v) is 10.1. The van der Waals surface area contributed by atoms with Crippen LogP contribution in [0.2, 0.25) is 0 Å². The second-order valence-electron chi connectivity index (χ2n) is 6.20. The fourth-order valence-corrected chi connectivity index (χ4v) is 3.98. The smallest absolute Gasteiger partial charge is 0.253 e. The summed E-state index contributed by atoms with van der Waals surface area (Å²) in [7, 11) is 4.66. The van der Waals surface area contributed by atoms with E-state index in [-0.39, 0.29) is 12.0 Å². The quantitative estimate of drug-likeness (QED) is 0.725. The molecule has 1 fully saturated rings. The van der Waals surface area contributed by atoms with Crippen molar-refractivity contribution in [2.24, 2.45) is 0 Å². The summed E-state index contributed by atoms with van der Waals surface area (Å²) in [6, 6.07) is 7.05. The van der Waals surface area contributed by atoms with Crippen molar-refractivity contribution in [1.29, 1.82) is 0 Å². The third-order valence-corrected chi connectivity index (χ3v) is 5.48. The number of aromatic nitrogens is 1. The highest BCUT2D eigenvalue weighted by atomic mass is 32.2. The molecule has 0 spiro atoms. The molecule has 0 radical (unpaired) electrons. The maximum Gasteiger partial charge on any atom is 0.253 e. The first-order valence-electron chi connectivity index (χ1n) is 8.92. The van der Waals surface area contributed by atoms with E-state index in [0.29, 0.717) is 35.2 Å². The van der Waals surface area contributed by atoms with Gasteiger partial charge in [0.2, 0.25) is 11.6 Å². The van der Waals surface area contributed by atoms with Crippen LogP contribution >= 0.6 is 11.8 Å². The first kappa shape index (κ1) is 20.1. The van der Waals surface area contributed by atoms with Crippen LogP contribution in [-0.2, 0) is 6.54 Å². The number of hydrogen-bond acceptors (Lipinski definition) is 7. The molecule has 1 N–H and O–H groups in total. The maximum atomic E-state index is 12.4. The van der Waals surface area contributed by atoms with E-state index in [1.165, 1.54) is 6.20 Å². The third-order valence-electron chi connectivity index (χ3n) is 4.35. The minimum atomic E-state index is -0.218. The molecule has 1 amide bonds. The number of amides is 1. The monoisotopic (exact) mass is 404 g/mol. The zero-order valence-corrected chi connectivity index (χ0v) is 17.0. The van der Waals surface area contributed by atoms with Crippen LogP contribution in [0.1, 0.15) is 22.3 Å². The van der Waals surface area contributed by atoms with Crippen LogP contribution in [0.5, 0.6) is 23.1 Å². The molecule has 8 heteroatoms. The predicted octanol–water partition coefficient (Wildman–Crippen LogP) is 2.92. The van der Waals surface area contributed by atoms with Gasteiger partial charge in [-0.3, -0.25) is 4.79 Å². The van der Waals surface area contributed by atoms with Crippen LogP contribution in [-0.4, -0.2) is 49.8 Å². The Morgan fingerprint density at radius 3 is 2.46 bits per heavy atom. The van der Waals surface area contributed by atoms with Crippen molar-refractivity contribution in [2.45, 2.75) is 19.1 Å². The molecule has 1 saturated heterocycles. The Hall–Kier alpha value is -2.61. The molecule has 0 bridgehead atoms. The van der Waals surface area contributed by atoms with Crippen molar-refractivity contribution in [2.75, 3.05) is 32.8 Å². The molecule has 3 rings (SSSR count). The summed E-state index contributed by atoms with van der Waals surface area (Å²) in [5.74, 6) is 4.03. The minimum absolute atomic E-state index is 0.206. The fourth-order valence-electron chi connectivity index (χ4n) is 2.88. The number of methoxy groups -OCH3 is 3. The second kappa shape index (κ2) is 9.54. The molecule has 1 unspecified atom stereocenters. The van der Waals surface area contributed by atoms with Crippen LogP contribution in [0, 0.1) is 0 Å². The SMILES string of the molecule is COc1cc(CNC(=O)c2ccc(OC3CCSC3)nc2)cc(OC)c1OC. The van der Waals surface area contributed by atoms with E-state index >= 15 is 0 Å². The van der Waals surface area contributed by atoms with Crippen LogP contribution in [0.25, 0.3) is 0 Å². The molecule has 1 aliphatic rings. The number of benzene rings is 1. The highest BCUT2D eigenvalue weighted by molar-refractivity contribution is 7.99. The molecule has 1 atom stereocenters. The van der Waals surface area contributed by atoms with Crippen molar-refractivity contribution in [1.82, 2.24) is 10.3 Å². The second-order valence-corrected chi connectivity index (χ2v) is 7.35. The van der Waals surface area contributed by atoms with Crippen molar-refractivity contribution in [3.63, 3.8) is 0 Å². The van der Waals surface area contributed by atoms with E-state index in [2.05, 4.69) is 10.3 Å². The van der Waals surface area contributed by atoms with Gasteiger partial charge in [0.25, 0.3) is 5.91 Å². The van der Waals surface area contributed by atoms with Crippen LogP contribution in [0.3, 0.4) is 0 Å². The number of hydrogen-bond donors (Lipinski definition) is 1. The molecule has 28 heavy (non-hydrogen) atoms. The van der Waals surface area contributed by atoms with Gasteiger partial charge in [0, 0.05) is 24.6 Å². The molecule has 7 nitrogen and oxygen atoms in total. The molecule has 0 aliphatic carbocycles. The van der Waals surface area contributed by atoms with Crippen molar-refractivity contribution in [3.8, 4) is 23.1 Å². The summed E-state index contributed by atoms with van der Waals surface area (Å²) in [5, 5.41) is 2.87. The number of nitrogens with one attached hydrogen (secondary N) is 1. The van der Waals surface area contributed by atoms with Gasteiger partial charge < -0.3 is 24.3 Å². The number of pyridine rings is 1. The summed E-state index contributed by atoms with van der Waals surface area (Å²) in [6.07, 6.45) is 2.77. The topological polar surface area (TPSA) is 78.9 Å². The van der Waals surface area contributed by atoms with Crippen molar-refractivity contribution >= 4 is 17.7 Å². The standard InChI is InChI=1S/C20H24N2O5S/c1-24-16-8-13(9-17(25-2)19(16)26-3)10-22-20(23)14-4-5-18(21-11-14)27-15-6-7-28-12-15/h4-5,8-9,11,15H,6-7,10,12H2,1-3H3,(H,22,23). The van der Waals surface area contributed by atoms with Crippen LogP contribution in [0.4, 0.5) is 0 Å². The van der Waals surface area contributed by atoms with Gasteiger partial charge >= 0.3 is 0 Å². The van der Waals surface area contributed by atoms with Gasteiger partial charge in [-0.1, -0.05) is 0 Å². The molecular formula is C20H24N2O5S. The highest BCUT2D eigenvalue weighted by Gasteiger charge is 2.18. The Kier molecular flexibility index (Phi) is 6.86. The predicted molar refractivity (Wildman–Crippen MR) is 108 cm³/mol. The van der Waals surface area contributed by atoms with Gasteiger partial charge in [-0.15, -0.1) is 0 Å². The fraction of sp³-hybridized carbons (Fsp3) is 0.400. The molecule has 150 valence electrons. The largest absolute Gasteiger partial charge is 0.493 e. The summed E-state index contributed by atoms with van der Waals surface area (Å²) in [6.45, 7) is 0.313. The number of rotatable bonds is 8. The number of thioether (sulfide) groups is 1. The molecule has 1 aromatic heterocycles. The Labute approximate surface area is 168 Å². The molecule has 1 aliphatic heterocycles. The summed E-state index contributed by atoms with van der Waals surface area (Å²) in [4.78, 5) is 16.7. The van der Waals surface area contributed by atoms with E-state index < -0.39 is 0 Å². The zero-order chi connectivity index (χ0) is 19.9. The van der Waals surface area contributed by atoms with Gasteiger partial charge in [0.05, 0.1) is 26.9 Å². The lowest BCUT2D eigenvalue weighted by atomic mass is 10.1. The number of carbonyl (C=O) groups is 1. The molecule has 1 aromatic carbocycles. The zero-order valence-electron chi connectivity index (χ0n) is 16.2. The Bertz CT molecular complexity index is 782. The number of ether oxygens (including phenoxy) is 4.